The van der Waals surface area contributed by atoms with Crippen LogP contribution in [0.1, 0.15) is 23.2 Å². The van der Waals surface area contributed by atoms with E-state index in [0.717, 1.165) is 0 Å². The van der Waals surface area contributed by atoms with Gasteiger partial charge in [-0.05, 0) is 30.3 Å². The van der Waals surface area contributed by atoms with Crippen LogP contribution < -0.4 is 11.1 Å². The summed E-state index contributed by atoms with van der Waals surface area (Å²) in [6, 6.07) is 13.8. The molecule has 0 saturated carbocycles. The van der Waals surface area contributed by atoms with Gasteiger partial charge in [-0.3, -0.25) is 14.2 Å². The van der Waals surface area contributed by atoms with Crippen molar-refractivity contribution in [2.45, 2.75) is 25.2 Å². The number of amides is 2. The van der Waals surface area contributed by atoms with Gasteiger partial charge in [0.15, 0.2) is 11.4 Å². The van der Waals surface area contributed by atoms with Gasteiger partial charge in [0.25, 0.3) is 5.91 Å². The van der Waals surface area contributed by atoms with E-state index in [1.165, 1.54) is 4.57 Å². The van der Waals surface area contributed by atoms with Gasteiger partial charge in [0.05, 0.1) is 18.7 Å². The van der Waals surface area contributed by atoms with Gasteiger partial charge in [0.1, 0.15) is 6.54 Å². The Morgan fingerprint density at radius 3 is 2.44 bits per heavy atom. The summed E-state index contributed by atoms with van der Waals surface area (Å²) in [6.07, 6.45) is 1.20. The summed E-state index contributed by atoms with van der Waals surface area (Å²) < 4.78 is 18.0. The fourth-order valence-corrected chi connectivity index (χ4v) is 4.20. The van der Waals surface area contributed by atoms with Gasteiger partial charge < -0.3 is 24.1 Å². The van der Waals surface area contributed by atoms with Crippen LogP contribution in [-0.2, 0) is 20.8 Å². The highest BCUT2D eigenvalue weighted by Gasteiger charge is 2.40. The van der Waals surface area contributed by atoms with Crippen molar-refractivity contribution in [3.63, 3.8) is 0 Å². The molecule has 2 aliphatic heterocycles. The zero-order valence-corrected chi connectivity index (χ0v) is 17.4. The second kappa shape index (κ2) is 8.25. The quantitative estimate of drug-likeness (QED) is 0.671. The maximum atomic E-state index is 12.9. The first kappa shape index (κ1) is 20.5. The largest absolute Gasteiger partial charge is 0.420 e. The van der Waals surface area contributed by atoms with E-state index in [2.05, 4.69) is 5.32 Å². The highest BCUT2D eigenvalue weighted by molar-refractivity contribution is 6.05. The predicted molar refractivity (Wildman–Crippen MR) is 115 cm³/mol. The summed E-state index contributed by atoms with van der Waals surface area (Å²) in [5.41, 5.74) is 1.75. The average molecular weight is 437 g/mol. The summed E-state index contributed by atoms with van der Waals surface area (Å²) in [4.78, 5) is 39.6. The lowest BCUT2D eigenvalue weighted by Crippen LogP contribution is -2.48. The molecule has 0 bridgehead atoms. The Labute approximate surface area is 183 Å². The maximum absolute atomic E-state index is 12.9. The van der Waals surface area contributed by atoms with E-state index >= 15 is 0 Å². The summed E-state index contributed by atoms with van der Waals surface area (Å²) >= 11 is 0. The Morgan fingerprint density at radius 2 is 1.72 bits per heavy atom. The molecule has 0 aliphatic carbocycles. The number of likely N-dealkylation sites (tertiary alicyclic amines) is 1. The molecule has 32 heavy (non-hydrogen) atoms. The molecule has 2 aromatic carbocycles. The topological polar surface area (TPSA) is 103 Å². The normalized spacial score (nSPS) is 17.7. The van der Waals surface area contributed by atoms with Gasteiger partial charge >= 0.3 is 5.76 Å². The molecule has 166 valence electrons. The van der Waals surface area contributed by atoms with E-state index < -0.39 is 11.5 Å². The smallest absolute Gasteiger partial charge is 0.408 e. The van der Waals surface area contributed by atoms with Crippen LogP contribution in [0.5, 0.6) is 0 Å². The summed E-state index contributed by atoms with van der Waals surface area (Å²) in [5.74, 6) is -1.72. The minimum atomic E-state index is -0.634. The second-order valence-electron chi connectivity index (χ2n) is 7.95. The molecule has 2 saturated heterocycles. The third-order valence-electron chi connectivity index (χ3n) is 5.95. The van der Waals surface area contributed by atoms with Crippen LogP contribution in [0.25, 0.3) is 11.1 Å². The van der Waals surface area contributed by atoms with Crippen molar-refractivity contribution in [2.24, 2.45) is 0 Å². The van der Waals surface area contributed by atoms with Crippen molar-refractivity contribution in [1.29, 1.82) is 0 Å². The summed E-state index contributed by atoms with van der Waals surface area (Å²) in [6.45, 7) is 1.97. The number of anilines is 1. The summed E-state index contributed by atoms with van der Waals surface area (Å²) in [7, 11) is 0. The molecule has 1 aromatic heterocycles. The van der Waals surface area contributed by atoms with E-state index in [0.29, 0.717) is 61.5 Å². The molecular formula is C23H23N3O6. The minimum Gasteiger partial charge on any atom is -0.408 e. The Kier molecular flexibility index (Phi) is 5.28. The number of benzene rings is 2. The van der Waals surface area contributed by atoms with E-state index in [1.54, 1.807) is 35.2 Å². The van der Waals surface area contributed by atoms with Crippen molar-refractivity contribution in [1.82, 2.24) is 9.47 Å². The first-order valence-corrected chi connectivity index (χ1v) is 10.6. The lowest BCUT2D eigenvalue weighted by molar-refractivity contribution is -0.187. The van der Waals surface area contributed by atoms with Gasteiger partial charge in [-0.15, -0.1) is 0 Å². The molecule has 0 unspecified atom stereocenters. The molecular weight excluding hydrogens is 414 g/mol. The standard InChI is InChI=1S/C23H23N3O6/c27-20(25-10-8-23(9-11-25)30-12-13-31-23)15-26-18-14-16(6-7-19(18)32-22(26)29)21(28)24-17-4-2-1-3-5-17/h1-7,14H,8-13,15H2,(H,24,28). The number of nitrogens with one attached hydrogen (secondary N) is 1. The van der Waals surface area contributed by atoms with Gasteiger partial charge in [-0.2, -0.15) is 0 Å². The number of nitrogens with zero attached hydrogens (tertiary/aromatic N) is 2. The molecule has 0 atom stereocenters. The Hall–Kier alpha value is -3.43. The number of hydrogen-bond donors (Lipinski definition) is 1. The number of aromatic nitrogens is 1. The zero-order valence-electron chi connectivity index (χ0n) is 17.4. The third kappa shape index (κ3) is 3.92. The van der Waals surface area contributed by atoms with Gasteiger partial charge in [-0.1, -0.05) is 18.2 Å². The lowest BCUT2D eigenvalue weighted by Gasteiger charge is -2.37. The molecule has 2 amide bonds. The zero-order chi connectivity index (χ0) is 22.1. The molecule has 2 aliphatic rings. The fraction of sp³-hybridized carbons (Fsp3) is 0.348. The van der Waals surface area contributed by atoms with Crippen LogP contribution in [0.15, 0.2) is 57.7 Å². The lowest BCUT2D eigenvalue weighted by atomic mass is 10.0. The number of rotatable bonds is 4. The number of ether oxygens (including phenoxy) is 2. The van der Waals surface area contributed by atoms with Crippen LogP contribution in [0, 0.1) is 0 Å². The highest BCUT2D eigenvalue weighted by atomic mass is 16.7. The predicted octanol–water partition coefficient (Wildman–Crippen LogP) is 2.21. The molecule has 0 radical (unpaired) electrons. The van der Waals surface area contributed by atoms with E-state index in [9.17, 15) is 14.4 Å². The number of hydrogen-bond acceptors (Lipinski definition) is 6. The third-order valence-corrected chi connectivity index (χ3v) is 5.95. The number of piperidine rings is 1. The summed E-state index contributed by atoms with van der Waals surface area (Å²) in [5, 5.41) is 2.81. The second-order valence-corrected chi connectivity index (χ2v) is 7.95. The maximum Gasteiger partial charge on any atom is 0.420 e. The van der Waals surface area contributed by atoms with Crippen LogP contribution in [-0.4, -0.2) is 53.4 Å². The highest BCUT2D eigenvalue weighted by Crippen LogP contribution is 2.31. The fourth-order valence-electron chi connectivity index (χ4n) is 4.20. The van der Waals surface area contributed by atoms with Gasteiger partial charge in [0, 0.05) is 37.2 Å². The number of fused-ring (bicyclic) bond motifs is 1. The molecule has 3 aromatic rings. The van der Waals surface area contributed by atoms with Crippen molar-refractivity contribution < 1.29 is 23.5 Å². The monoisotopic (exact) mass is 437 g/mol. The molecule has 5 rings (SSSR count). The van der Waals surface area contributed by atoms with Crippen molar-refractivity contribution >= 4 is 28.6 Å². The van der Waals surface area contributed by atoms with Crippen LogP contribution in [0.3, 0.4) is 0 Å². The molecule has 9 nitrogen and oxygen atoms in total. The number of carbonyl (C=O) groups excluding carboxylic acids is 2. The number of para-hydroxylation sites is 1. The Bertz CT molecular complexity index is 1200. The van der Waals surface area contributed by atoms with Gasteiger partial charge in [-0.25, -0.2) is 4.79 Å². The van der Waals surface area contributed by atoms with Crippen LogP contribution in [0.2, 0.25) is 0 Å². The number of carbonyl (C=O) groups is 2. The molecule has 2 fully saturated rings. The van der Waals surface area contributed by atoms with Crippen LogP contribution in [0.4, 0.5) is 5.69 Å². The Morgan fingerprint density at radius 1 is 1.00 bits per heavy atom. The van der Waals surface area contributed by atoms with Gasteiger partial charge in [0.2, 0.25) is 5.91 Å². The van der Waals surface area contributed by atoms with Crippen molar-refractivity contribution in [3.05, 3.63) is 64.6 Å². The first-order chi connectivity index (χ1) is 15.5. The SMILES string of the molecule is O=C(Nc1ccccc1)c1ccc2oc(=O)n(CC(=O)N3CCC4(CC3)OCCO4)c2c1. The van der Waals surface area contributed by atoms with E-state index in [4.69, 9.17) is 13.9 Å². The van der Waals surface area contributed by atoms with Crippen molar-refractivity contribution in [3.8, 4) is 0 Å². The van der Waals surface area contributed by atoms with E-state index in [1.807, 2.05) is 18.2 Å². The number of oxazole rings is 1. The molecule has 3 heterocycles. The van der Waals surface area contributed by atoms with E-state index in [-0.39, 0.29) is 18.4 Å². The average Bonchev–Trinajstić information content (AvgIpc) is 3.38. The first-order valence-electron chi connectivity index (χ1n) is 10.6. The van der Waals surface area contributed by atoms with Crippen LogP contribution >= 0.6 is 0 Å². The molecule has 9 heteroatoms. The molecule has 1 spiro atoms. The Balaban J connectivity index is 1.33. The minimum absolute atomic E-state index is 0.162. The molecule has 1 N–H and O–H groups in total. The van der Waals surface area contributed by atoms with Crippen molar-refractivity contribution in [2.75, 3.05) is 31.6 Å².